The van der Waals surface area contributed by atoms with Crippen LogP contribution in [0.4, 0.5) is 4.39 Å². The topological polar surface area (TPSA) is 95.5 Å². The summed E-state index contributed by atoms with van der Waals surface area (Å²) in [7, 11) is 0. The Balaban J connectivity index is 2.90. The minimum Gasteiger partial charge on any atom is -0.480 e. The molecule has 2 amide bonds. The summed E-state index contributed by atoms with van der Waals surface area (Å²) in [6.07, 6.45) is 1.31. The summed E-state index contributed by atoms with van der Waals surface area (Å²) in [5, 5.41) is 13.8. The van der Waals surface area contributed by atoms with Crippen LogP contribution >= 0.6 is 0 Å². The molecule has 124 valence electrons. The number of aliphatic carboxylic acids is 1. The van der Waals surface area contributed by atoms with E-state index in [0.29, 0.717) is 0 Å². The lowest BCUT2D eigenvalue weighted by Crippen LogP contribution is -2.52. The maximum atomic E-state index is 13.7. The molecule has 0 saturated heterocycles. The first-order valence-electron chi connectivity index (χ1n) is 6.99. The zero-order chi connectivity index (χ0) is 17.4. The molecule has 0 bridgehead atoms. The Bertz CT molecular complexity index is 603. The number of carbonyl (C=O) groups is 3. The number of hydrogen-bond donors (Lipinski definition) is 3. The van der Waals surface area contributed by atoms with Crippen LogP contribution in [-0.2, 0) is 20.8 Å². The summed E-state index contributed by atoms with van der Waals surface area (Å²) in [6.45, 7) is 4.65. The van der Waals surface area contributed by atoms with Gasteiger partial charge in [-0.05, 0) is 18.1 Å². The molecule has 0 saturated carbocycles. The average Bonchev–Trinajstić information content (AvgIpc) is 2.47. The van der Waals surface area contributed by atoms with Crippen molar-refractivity contribution in [1.82, 2.24) is 10.6 Å². The van der Waals surface area contributed by atoms with Crippen molar-refractivity contribution in [2.24, 2.45) is 0 Å². The second kappa shape index (κ2) is 8.67. The van der Waals surface area contributed by atoms with Gasteiger partial charge in [0.1, 0.15) is 17.9 Å². The third-order valence-corrected chi connectivity index (χ3v) is 3.09. The van der Waals surface area contributed by atoms with Gasteiger partial charge < -0.3 is 15.7 Å². The molecule has 1 aromatic rings. The van der Waals surface area contributed by atoms with Gasteiger partial charge in [-0.15, -0.1) is 6.58 Å². The summed E-state index contributed by atoms with van der Waals surface area (Å²) in [5.74, 6) is -2.89. The predicted molar refractivity (Wildman–Crippen MR) is 82.1 cm³/mol. The highest BCUT2D eigenvalue weighted by atomic mass is 19.1. The van der Waals surface area contributed by atoms with E-state index in [0.717, 1.165) is 0 Å². The normalized spacial score (nSPS) is 12.8. The number of rotatable bonds is 8. The third-order valence-electron chi connectivity index (χ3n) is 3.09. The molecule has 0 radical (unpaired) electrons. The number of benzene rings is 1. The smallest absolute Gasteiger partial charge is 0.326 e. The van der Waals surface area contributed by atoms with Gasteiger partial charge in [0.2, 0.25) is 11.8 Å². The van der Waals surface area contributed by atoms with Gasteiger partial charge in [0, 0.05) is 13.3 Å². The first kappa shape index (κ1) is 18.3. The Morgan fingerprint density at radius 1 is 1.26 bits per heavy atom. The maximum absolute atomic E-state index is 13.7. The lowest BCUT2D eigenvalue weighted by molar-refractivity contribution is -0.142. The number of amides is 2. The molecular formula is C16H19FN2O4. The average molecular weight is 322 g/mol. The summed E-state index contributed by atoms with van der Waals surface area (Å²) >= 11 is 0. The van der Waals surface area contributed by atoms with Gasteiger partial charge in [-0.2, -0.15) is 0 Å². The molecule has 2 atom stereocenters. The van der Waals surface area contributed by atoms with E-state index in [1.54, 1.807) is 6.07 Å². The van der Waals surface area contributed by atoms with Crippen molar-refractivity contribution in [2.45, 2.75) is 31.8 Å². The van der Waals surface area contributed by atoms with Crippen molar-refractivity contribution in [2.75, 3.05) is 0 Å². The van der Waals surface area contributed by atoms with E-state index in [4.69, 9.17) is 5.11 Å². The van der Waals surface area contributed by atoms with Gasteiger partial charge in [0.05, 0.1) is 0 Å². The molecule has 0 aromatic heterocycles. The molecule has 23 heavy (non-hydrogen) atoms. The van der Waals surface area contributed by atoms with Gasteiger partial charge in [0.25, 0.3) is 0 Å². The van der Waals surface area contributed by atoms with E-state index in [1.807, 2.05) is 0 Å². The number of halogens is 1. The van der Waals surface area contributed by atoms with Crippen molar-refractivity contribution in [3.8, 4) is 0 Å². The summed E-state index contributed by atoms with van der Waals surface area (Å²) in [6, 6.07) is 3.63. The van der Waals surface area contributed by atoms with Crippen LogP contribution < -0.4 is 10.6 Å². The van der Waals surface area contributed by atoms with Crippen LogP contribution in [-0.4, -0.2) is 35.0 Å². The standard InChI is InChI=1S/C16H19FN2O4/c1-3-6-13(16(22)23)19-15(21)14(18-10(2)20)9-11-7-4-5-8-12(11)17/h3-5,7-8,13-14H,1,6,9H2,2H3,(H,18,20)(H,19,21)(H,22,23)/t13-,14-/m1/s1. The van der Waals surface area contributed by atoms with Crippen molar-refractivity contribution in [3.05, 3.63) is 48.3 Å². The van der Waals surface area contributed by atoms with Crippen LogP contribution in [0.3, 0.4) is 0 Å². The number of hydrogen-bond acceptors (Lipinski definition) is 3. The minimum absolute atomic E-state index is 0.0353. The van der Waals surface area contributed by atoms with Crippen LogP contribution in [0.5, 0.6) is 0 Å². The van der Waals surface area contributed by atoms with Gasteiger partial charge >= 0.3 is 5.97 Å². The fraction of sp³-hybridized carbons (Fsp3) is 0.312. The highest BCUT2D eigenvalue weighted by Gasteiger charge is 2.26. The maximum Gasteiger partial charge on any atom is 0.326 e. The molecule has 1 rings (SSSR count). The number of carbonyl (C=O) groups excluding carboxylic acids is 2. The molecule has 6 nitrogen and oxygen atoms in total. The first-order chi connectivity index (χ1) is 10.8. The number of carboxylic acids is 1. The fourth-order valence-electron chi connectivity index (χ4n) is 2.00. The van der Waals surface area contributed by atoms with E-state index >= 15 is 0 Å². The number of carboxylic acid groups (broad SMARTS) is 1. The van der Waals surface area contributed by atoms with Crippen LogP contribution in [0.25, 0.3) is 0 Å². The van der Waals surface area contributed by atoms with E-state index in [9.17, 15) is 18.8 Å². The molecular weight excluding hydrogens is 303 g/mol. The Morgan fingerprint density at radius 2 is 1.91 bits per heavy atom. The molecule has 0 spiro atoms. The SMILES string of the molecule is C=CC[C@@H](NC(=O)[C@@H](Cc1ccccc1F)NC(C)=O)C(=O)O. The van der Waals surface area contributed by atoms with Gasteiger partial charge in [-0.1, -0.05) is 24.3 Å². The molecule has 0 heterocycles. The lowest BCUT2D eigenvalue weighted by Gasteiger charge is -2.20. The van der Waals surface area contributed by atoms with E-state index in [2.05, 4.69) is 17.2 Å². The Hall–Kier alpha value is -2.70. The molecule has 0 unspecified atom stereocenters. The Labute approximate surface area is 133 Å². The molecule has 1 aromatic carbocycles. The van der Waals surface area contributed by atoms with E-state index < -0.39 is 35.7 Å². The lowest BCUT2D eigenvalue weighted by atomic mass is 10.0. The van der Waals surface area contributed by atoms with Crippen LogP contribution in [0.15, 0.2) is 36.9 Å². The molecule has 0 aliphatic rings. The summed E-state index contributed by atoms with van der Waals surface area (Å²) < 4.78 is 13.7. The third kappa shape index (κ3) is 5.90. The predicted octanol–water partition coefficient (Wildman–Crippen LogP) is 1.02. The van der Waals surface area contributed by atoms with Crippen LogP contribution in [0.2, 0.25) is 0 Å². The second-order valence-electron chi connectivity index (χ2n) is 4.97. The largest absolute Gasteiger partial charge is 0.480 e. The van der Waals surface area contributed by atoms with Crippen LogP contribution in [0, 0.1) is 5.82 Å². The monoisotopic (exact) mass is 322 g/mol. The Kier molecular flexibility index (Phi) is 6.92. The zero-order valence-corrected chi connectivity index (χ0v) is 12.7. The first-order valence-corrected chi connectivity index (χ1v) is 6.99. The molecule has 3 N–H and O–H groups in total. The zero-order valence-electron chi connectivity index (χ0n) is 12.7. The number of nitrogens with one attached hydrogen (secondary N) is 2. The summed E-state index contributed by atoms with van der Waals surface area (Å²) in [5.41, 5.74) is 0.247. The molecule has 0 aliphatic carbocycles. The van der Waals surface area contributed by atoms with E-state index in [1.165, 1.54) is 31.2 Å². The van der Waals surface area contributed by atoms with Crippen LogP contribution in [0.1, 0.15) is 18.9 Å². The van der Waals surface area contributed by atoms with Crippen molar-refractivity contribution >= 4 is 17.8 Å². The van der Waals surface area contributed by atoms with E-state index in [-0.39, 0.29) is 18.4 Å². The van der Waals surface area contributed by atoms with Crippen molar-refractivity contribution in [3.63, 3.8) is 0 Å². The highest BCUT2D eigenvalue weighted by molar-refractivity contribution is 5.90. The Morgan fingerprint density at radius 3 is 2.43 bits per heavy atom. The van der Waals surface area contributed by atoms with Crippen molar-refractivity contribution in [1.29, 1.82) is 0 Å². The molecule has 0 fully saturated rings. The fourth-order valence-corrected chi connectivity index (χ4v) is 2.00. The summed E-state index contributed by atoms with van der Waals surface area (Å²) in [4.78, 5) is 34.6. The van der Waals surface area contributed by atoms with Gasteiger partial charge in [-0.25, -0.2) is 9.18 Å². The molecule has 0 aliphatic heterocycles. The molecule has 7 heteroatoms. The van der Waals surface area contributed by atoms with Crippen molar-refractivity contribution < 1.29 is 23.9 Å². The second-order valence-corrected chi connectivity index (χ2v) is 4.97. The minimum atomic E-state index is -1.22. The van der Waals surface area contributed by atoms with Gasteiger partial charge in [-0.3, -0.25) is 9.59 Å². The van der Waals surface area contributed by atoms with Gasteiger partial charge in [0.15, 0.2) is 0 Å². The quantitative estimate of drug-likeness (QED) is 0.623. The highest BCUT2D eigenvalue weighted by Crippen LogP contribution is 2.10.